The van der Waals surface area contributed by atoms with E-state index >= 15 is 0 Å². The molecule has 2 aromatic heterocycles. The van der Waals surface area contributed by atoms with Crippen LogP contribution in [0.25, 0.3) is 0 Å². The molecule has 0 saturated carbocycles. The molecule has 0 aliphatic carbocycles. The van der Waals surface area contributed by atoms with Crippen LogP contribution < -0.4 is 0 Å². The van der Waals surface area contributed by atoms with E-state index in [9.17, 15) is 4.79 Å². The molecule has 2 aromatic rings. The molecule has 3 heterocycles. The fourth-order valence-electron chi connectivity index (χ4n) is 3.31. The summed E-state index contributed by atoms with van der Waals surface area (Å²) in [5, 5.41) is 13.0. The molecular weight excluding hydrogens is 338 g/mol. The molecule has 0 spiro atoms. The number of piperidine rings is 1. The predicted molar refractivity (Wildman–Crippen MR) is 96.4 cm³/mol. The average Bonchev–Trinajstić information content (AvgIpc) is 3.29. The van der Waals surface area contributed by atoms with Crippen molar-refractivity contribution >= 4 is 17.7 Å². The number of carbonyl (C=O) groups excluding carboxylic acids is 1. The number of thioether (sulfide) groups is 1. The second-order valence-electron chi connectivity index (χ2n) is 6.21. The highest BCUT2D eigenvalue weighted by molar-refractivity contribution is 7.98. The summed E-state index contributed by atoms with van der Waals surface area (Å²) in [4.78, 5) is 18.1. The Morgan fingerprint density at radius 2 is 2.12 bits per heavy atom. The molecule has 0 bridgehead atoms. The van der Waals surface area contributed by atoms with Crippen molar-refractivity contribution in [3.63, 3.8) is 0 Å². The molecule has 3 rings (SSSR count). The maximum Gasteiger partial charge on any atom is 0.223 e. The Kier molecular flexibility index (Phi) is 6.06. The maximum absolute atomic E-state index is 12.2. The van der Waals surface area contributed by atoms with Gasteiger partial charge in [-0.15, -0.1) is 10.2 Å². The highest BCUT2D eigenvalue weighted by atomic mass is 32.2. The molecule has 1 saturated heterocycles. The van der Waals surface area contributed by atoms with E-state index in [0.29, 0.717) is 18.9 Å². The van der Waals surface area contributed by atoms with Gasteiger partial charge in [0.2, 0.25) is 5.91 Å². The van der Waals surface area contributed by atoms with E-state index in [0.717, 1.165) is 49.9 Å². The van der Waals surface area contributed by atoms with Gasteiger partial charge >= 0.3 is 0 Å². The number of hydrogen-bond donors (Lipinski definition) is 0. The third-order valence-corrected chi connectivity index (χ3v) is 5.29. The maximum atomic E-state index is 12.2. The second kappa shape index (κ2) is 8.46. The summed E-state index contributed by atoms with van der Waals surface area (Å²) in [5.74, 6) is 3.47. The largest absolute Gasteiger partial charge is 0.343 e. The minimum atomic E-state index is 0.275. The summed E-state index contributed by atoms with van der Waals surface area (Å²) in [5.41, 5.74) is 0. The lowest BCUT2D eigenvalue weighted by atomic mass is 9.95. The normalized spacial score (nSPS) is 15.7. The van der Waals surface area contributed by atoms with Crippen LogP contribution in [0.2, 0.25) is 0 Å². The highest BCUT2D eigenvalue weighted by Crippen LogP contribution is 2.27. The molecule has 0 N–H and O–H groups in total. The first-order chi connectivity index (χ1) is 12.2. The van der Waals surface area contributed by atoms with Crippen LogP contribution in [-0.2, 0) is 17.9 Å². The number of hydrogen-bond acceptors (Lipinski definition) is 6. The molecule has 25 heavy (non-hydrogen) atoms. The van der Waals surface area contributed by atoms with Crippen molar-refractivity contribution in [1.82, 2.24) is 34.4 Å². The van der Waals surface area contributed by atoms with Crippen molar-refractivity contribution in [3.05, 3.63) is 24.3 Å². The Morgan fingerprint density at radius 1 is 1.32 bits per heavy atom. The standard InChI is InChI=1S/C16H25N7OS/c1-3-23-14(10-22-12-17-11-18-22)19-20-16(23)13-4-7-21(8-5-13)15(24)6-9-25-2/h11-13H,3-10H2,1-2H3. The second-order valence-corrected chi connectivity index (χ2v) is 7.20. The topological polar surface area (TPSA) is 81.7 Å². The lowest BCUT2D eigenvalue weighted by Gasteiger charge is -2.31. The minimum absolute atomic E-state index is 0.275. The van der Waals surface area contributed by atoms with Gasteiger partial charge in [-0.3, -0.25) is 4.79 Å². The Morgan fingerprint density at radius 3 is 2.76 bits per heavy atom. The van der Waals surface area contributed by atoms with Crippen LogP contribution >= 0.6 is 11.8 Å². The lowest BCUT2D eigenvalue weighted by Crippen LogP contribution is -2.38. The van der Waals surface area contributed by atoms with Crippen LogP contribution in [0.4, 0.5) is 0 Å². The van der Waals surface area contributed by atoms with Crippen LogP contribution in [0.15, 0.2) is 12.7 Å². The molecule has 1 aliphatic rings. The molecule has 8 nitrogen and oxygen atoms in total. The zero-order valence-electron chi connectivity index (χ0n) is 14.8. The molecule has 0 unspecified atom stereocenters. The fourth-order valence-corrected chi connectivity index (χ4v) is 3.69. The summed E-state index contributed by atoms with van der Waals surface area (Å²) >= 11 is 1.72. The van der Waals surface area contributed by atoms with Crippen molar-refractivity contribution in [2.45, 2.75) is 45.2 Å². The summed E-state index contributed by atoms with van der Waals surface area (Å²) in [6.45, 7) is 5.14. The van der Waals surface area contributed by atoms with Crippen LogP contribution in [0.1, 0.15) is 43.8 Å². The Hall–Kier alpha value is -1.90. The first kappa shape index (κ1) is 17.9. The van der Waals surface area contributed by atoms with Gasteiger partial charge in [0.05, 0.1) is 0 Å². The third-order valence-electron chi connectivity index (χ3n) is 4.68. The van der Waals surface area contributed by atoms with Gasteiger partial charge in [0.1, 0.15) is 25.0 Å². The van der Waals surface area contributed by atoms with Gasteiger partial charge in [-0.25, -0.2) is 9.67 Å². The molecule has 9 heteroatoms. The van der Waals surface area contributed by atoms with E-state index < -0.39 is 0 Å². The first-order valence-electron chi connectivity index (χ1n) is 8.74. The zero-order chi connectivity index (χ0) is 17.6. The first-order valence-corrected chi connectivity index (χ1v) is 10.1. The summed E-state index contributed by atoms with van der Waals surface area (Å²) in [7, 11) is 0. The Labute approximate surface area is 152 Å². The van der Waals surface area contributed by atoms with Gasteiger partial charge in [-0.1, -0.05) is 0 Å². The van der Waals surface area contributed by atoms with Crippen LogP contribution in [0.5, 0.6) is 0 Å². The number of nitrogens with zero attached hydrogens (tertiary/aromatic N) is 7. The van der Waals surface area contributed by atoms with E-state index in [2.05, 4.69) is 31.8 Å². The van der Waals surface area contributed by atoms with Crippen molar-refractivity contribution < 1.29 is 4.79 Å². The number of aromatic nitrogens is 6. The number of rotatable bonds is 7. The number of likely N-dealkylation sites (tertiary alicyclic amines) is 1. The van der Waals surface area contributed by atoms with Crippen LogP contribution in [0, 0.1) is 0 Å². The van der Waals surface area contributed by atoms with Crippen molar-refractivity contribution in [2.24, 2.45) is 0 Å². The quantitative estimate of drug-likeness (QED) is 0.739. The lowest BCUT2D eigenvalue weighted by molar-refractivity contribution is -0.131. The molecule has 136 valence electrons. The monoisotopic (exact) mass is 363 g/mol. The molecule has 0 aromatic carbocycles. The average molecular weight is 363 g/mol. The minimum Gasteiger partial charge on any atom is -0.343 e. The number of amides is 1. The van der Waals surface area contributed by atoms with E-state index in [1.54, 1.807) is 22.8 Å². The van der Waals surface area contributed by atoms with Crippen LogP contribution in [-0.4, -0.2) is 65.4 Å². The van der Waals surface area contributed by atoms with Gasteiger partial charge in [0.25, 0.3) is 0 Å². The van der Waals surface area contributed by atoms with Crippen molar-refractivity contribution in [1.29, 1.82) is 0 Å². The van der Waals surface area contributed by atoms with Gasteiger partial charge < -0.3 is 9.47 Å². The highest BCUT2D eigenvalue weighted by Gasteiger charge is 2.27. The van der Waals surface area contributed by atoms with E-state index in [4.69, 9.17) is 0 Å². The zero-order valence-corrected chi connectivity index (χ0v) is 15.7. The van der Waals surface area contributed by atoms with Crippen molar-refractivity contribution in [2.75, 3.05) is 25.1 Å². The Balaban J connectivity index is 1.63. The third kappa shape index (κ3) is 4.20. The van der Waals surface area contributed by atoms with E-state index in [1.807, 2.05) is 11.2 Å². The molecule has 0 radical (unpaired) electrons. The Bertz CT molecular complexity index is 677. The predicted octanol–water partition coefficient (Wildman–Crippen LogP) is 1.40. The molecular formula is C16H25N7OS. The molecule has 1 aliphatic heterocycles. The molecule has 0 atom stereocenters. The molecule has 1 fully saturated rings. The molecule has 1 amide bonds. The van der Waals surface area contributed by atoms with Gasteiger partial charge in [-0.05, 0) is 26.0 Å². The van der Waals surface area contributed by atoms with E-state index in [-0.39, 0.29) is 5.91 Å². The summed E-state index contributed by atoms with van der Waals surface area (Å²) in [6, 6.07) is 0. The van der Waals surface area contributed by atoms with Gasteiger partial charge in [-0.2, -0.15) is 16.9 Å². The summed E-state index contributed by atoms with van der Waals surface area (Å²) in [6.07, 6.45) is 7.79. The van der Waals surface area contributed by atoms with Crippen LogP contribution in [0.3, 0.4) is 0 Å². The van der Waals surface area contributed by atoms with Gasteiger partial charge in [0, 0.05) is 37.7 Å². The van der Waals surface area contributed by atoms with Crippen molar-refractivity contribution in [3.8, 4) is 0 Å². The van der Waals surface area contributed by atoms with E-state index in [1.165, 1.54) is 6.33 Å². The summed E-state index contributed by atoms with van der Waals surface area (Å²) < 4.78 is 3.94. The smallest absolute Gasteiger partial charge is 0.223 e. The number of carbonyl (C=O) groups is 1. The SMILES string of the molecule is CCn1c(Cn2cncn2)nnc1C1CCN(C(=O)CCSC)CC1. The fraction of sp³-hybridized carbons (Fsp3) is 0.688. The van der Waals surface area contributed by atoms with Gasteiger partial charge in [0.15, 0.2) is 5.82 Å².